The van der Waals surface area contributed by atoms with Gasteiger partial charge in [-0.3, -0.25) is 4.98 Å². The quantitative estimate of drug-likeness (QED) is 0.696. The Kier molecular flexibility index (Phi) is 5.12. The lowest BCUT2D eigenvalue weighted by atomic mass is 10.1. The van der Waals surface area contributed by atoms with E-state index >= 15 is 0 Å². The molecular formula is C22H23N3O3. The third kappa shape index (κ3) is 3.77. The van der Waals surface area contributed by atoms with Crippen molar-refractivity contribution in [1.82, 2.24) is 4.98 Å². The normalized spacial score (nSPS) is 14.1. The van der Waals surface area contributed by atoms with Crippen LogP contribution in [0.5, 0.6) is 0 Å². The van der Waals surface area contributed by atoms with E-state index < -0.39 is 0 Å². The summed E-state index contributed by atoms with van der Waals surface area (Å²) in [6, 6.07) is 15.8. The number of aryl methyl sites for hydroxylation is 1. The number of fused-ring (bicyclic) bond motifs is 1. The van der Waals surface area contributed by atoms with Gasteiger partial charge in [-0.25, -0.2) is 4.79 Å². The monoisotopic (exact) mass is 377 g/mol. The number of benzene rings is 2. The number of morpholine rings is 1. The summed E-state index contributed by atoms with van der Waals surface area (Å²) in [4.78, 5) is 18.8. The van der Waals surface area contributed by atoms with Crippen molar-refractivity contribution in [3.8, 4) is 0 Å². The highest BCUT2D eigenvalue weighted by Gasteiger charge is 2.12. The van der Waals surface area contributed by atoms with Gasteiger partial charge in [-0.2, -0.15) is 0 Å². The van der Waals surface area contributed by atoms with Crippen LogP contribution in [0, 0.1) is 6.92 Å². The highest BCUT2D eigenvalue weighted by molar-refractivity contribution is 5.99. The van der Waals surface area contributed by atoms with E-state index in [9.17, 15) is 4.79 Å². The maximum Gasteiger partial charge on any atom is 0.337 e. The lowest BCUT2D eigenvalue weighted by molar-refractivity contribution is 0.0601. The van der Waals surface area contributed by atoms with Crippen molar-refractivity contribution in [2.75, 3.05) is 43.6 Å². The molecule has 6 nitrogen and oxygen atoms in total. The molecule has 0 aliphatic carbocycles. The van der Waals surface area contributed by atoms with Gasteiger partial charge in [0.25, 0.3) is 0 Å². The first-order valence-corrected chi connectivity index (χ1v) is 9.33. The number of hydrogen-bond donors (Lipinski definition) is 1. The summed E-state index contributed by atoms with van der Waals surface area (Å²) in [5, 5.41) is 4.35. The summed E-state index contributed by atoms with van der Waals surface area (Å²) in [5.41, 5.74) is 5.33. The van der Waals surface area contributed by atoms with Gasteiger partial charge in [-0.05, 0) is 55.5 Å². The van der Waals surface area contributed by atoms with E-state index in [2.05, 4.69) is 39.5 Å². The standard InChI is InChI=1S/C22H23N3O3/c1-15-13-21(19-14-16(22(26)27-2)3-8-20(19)23-15)24-17-4-6-18(7-5-17)25-9-11-28-12-10-25/h3-8,13-14H,9-12H2,1-2H3,(H,23,24). The molecule has 0 saturated carbocycles. The largest absolute Gasteiger partial charge is 0.465 e. The maximum absolute atomic E-state index is 11.9. The Bertz CT molecular complexity index is 996. The van der Waals surface area contributed by atoms with E-state index in [4.69, 9.17) is 9.47 Å². The number of hydrogen-bond acceptors (Lipinski definition) is 6. The Morgan fingerprint density at radius 2 is 1.86 bits per heavy atom. The van der Waals surface area contributed by atoms with E-state index in [0.29, 0.717) is 5.56 Å². The second-order valence-corrected chi connectivity index (χ2v) is 6.81. The van der Waals surface area contributed by atoms with Crippen LogP contribution in [-0.4, -0.2) is 44.4 Å². The van der Waals surface area contributed by atoms with Crippen LogP contribution in [0.4, 0.5) is 17.1 Å². The third-order valence-electron chi connectivity index (χ3n) is 4.88. The average molecular weight is 377 g/mol. The molecule has 2 heterocycles. The molecule has 0 atom stereocenters. The van der Waals surface area contributed by atoms with Gasteiger partial charge in [0.15, 0.2) is 0 Å². The maximum atomic E-state index is 11.9. The minimum Gasteiger partial charge on any atom is -0.465 e. The summed E-state index contributed by atoms with van der Waals surface area (Å²) < 4.78 is 10.3. The fourth-order valence-electron chi connectivity index (χ4n) is 3.44. The molecule has 1 aliphatic heterocycles. The zero-order valence-electron chi connectivity index (χ0n) is 16.1. The van der Waals surface area contributed by atoms with E-state index in [1.54, 1.807) is 6.07 Å². The van der Waals surface area contributed by atoms with Crippen molar-refractivity contribution in [1.29, 1.82) is 0 Å². The van der Waals surface area contributed by atoms with Crippen LogP contribution in [0.25, 0.3) is 10.9 Å². The van der Waals surface area contributed by atoms with Gasteiger partial charge in [0.05, 0.1) is 31.4 Å². The molecule has 0 radical (unpaired) electrons. The van der Waals surface area contributed by atoms with E-state index in [1.165, 1.54) is 12.8 Å². The predicted octanol–water partition coefficient (Wildman–Crippen LogP) is 3.91. The topological polar surface area (TPSA) is 63.7 Å². The van der Waals surface area contributed by atoms with Gasteiger partial charge >= 0.3 is 5.97 Å². The number of aromatic nitrogens is 1. The minimum atomic E-state index is -0.358. The molecule has 1 fully saturated rings. The molecule has 1 N–H and O–H groups in total. The lowest BCUT2D eigenvalue weighted by Gasteiger charge is -2.29. The van der Waals surface area contributed by atoms with Crippen LogP contribution < -0.4 is 10.2 Å². The van der Waals surface area contributed by atoms with E-state index in [1.807, 2.05) is 25.1 Å². The second kappa shape index (κ2) is 7.86. The fraction of sp³-hybridized carbons (Fsp3) is 0.273. The smallest absolute Gasteiger partial charge is 0.337 e. The molecule has 144 valence electrons. The number of rotatable bonds is 4. The van der Waals surface area contributed by atoms with Gasteiger partial charge in [0.2, 0.25) is 0 Å². The number of ether oxygens (including phenoxy) is 2. The molecule has 1 saturated heterocycles. The second-order valence-electron chi connectivity index (χ2n) is 6.81. The van der Waals surface area contributed by atoms with Crippen LogP contribution >= 0.6 is 0 Å². The summed E-state index contributed by atoms with van der Waals surface area (Å²) in [6.45, 7) is 5.32. The Morgan fingerprint density at radius 3 is 2.57 bits per heavy atom. The van der Waals surface area contributed by atoms with Crippen LogP contribution in [0.2, 0.25) is 0 Å². The molecule has 6 heteroatoms. The fourth-order valence-corrected chi connectivity index (χ4v) is 3.44. The first-order valence-electron chi connectivity index (χ1n) is 9.33. The number of methoxy groups -OCH3 is 1. The number of nitrogens with one attached hydrogen (secondary N) is 1. The molecule has 0 amide bonds. The third-order valence-corrected chi connectivity index (χ3v) is 4.88. The molecule has 0 unspecified atom stereocenters. The zero-order valence-corrected chi connectivity index (χ0v) is 16.1. The van der Waals surface area contributed by atoms with E-state index in [0.717, 1.165) is 54.3 Å². The molecule has 0 spiro atoms. The van der Waals surface area contributed by atoms with Gasteiger partial charge < -0.3 is 19.7 Å². The Hall–Kier alpha value is -3.12. The molecular weight excluding hydrogens is 354 g/mol. The first kappa shape index (κ1) is 18.3. The first-order chi connectivity index (χ1) is 13.6. The van der Waals surface area contributed by atoms with Crippen molar-refractivity contribution >= 4 is 33.9 Å². The molecule has 1 aromatic heterocycles. The number of carbonyl (C=O) groups is 1. The number of anilines is 3. The highest BCUT2D eigenvalue weighted by Crippen LogP contribution is 2.29. The molecule has 28 heavy (non-hydrogen) atoms. The Morgan fingerprint density at radius 1 is 1.11 bits per heavy atom. The van der Waals surface area contributed by atoms with Crippen molar-refractivity contribution in [2.24, 2.45) is 0 Å². The highest BCUT2D eigenvalue weighted by atomic mass is 16.5. The van der Waals surface area contributed by atoms with Crippen LogP contribution in [-0.2, 0) is 9.47 Å². The average Bonchev–Trinajstić information content (AvgIpc) is 2.74. The number of pyridine rings is 1. The number of esters is 1. The van der Waals surface area contributed by atoms with Crippen LogP contribution in [0.3, 0.4) is 0 Å². The van der Waals surface area contributed by atoms with Crippen molar-refractivity contribution in [3.63, 3.8) is 0 Å². The van der Waals surface area contributed by atoms with Gasteiger partial charge in [0, 0.05) is 41.2 Å². The molecule has 4 rings (SSSR count). The van der Waals surface area contributed by atoms with Crippen molar-refractivity contribution < 1.29 is 14.3 Å². The minimum absolute atomic E-state index is 0.358. The predicted molar refractivity (Wildman–Crippen MR) is 111 cm³/mol. The van der Waals surface area contributed by atoms with Gasteiger partial charge in [-0.15, -0.1) is 0 Å². The van der Waals surface area contributed by atoms with Crippen LogP contribution in [0.15, 0.2) is 48.5 Å². The van der Waals surface area contributed by atoms with Gasteiger partial charge in [-0.1, -0.05) is 0 Å². The zero-order chi connectivity index (χ0) is 19.5. The number of nitrogens with zero attached hydrogens (tertiary/aromatic N) is 2. The van der Waals surface area contributed by atoms with Crippen LogP contribution in [0.1, 0.15) is 16.1 Å². The number of carbonyl (C=O) groups excluding carboxylic acids is 1. The SMILES string of the molecule is COC(=O)c1ccc2nc(C)cc(Nc3ccc(N4CCOCC4)cc3)c2c1. The summed E-state index contributed by atoms with van der Waals surface area (Å²) >= 11 is 0. The summed E-state index contributed by atoms with van der Waals surface area (Å²) in [6.07, 6.45) is 0. The molecule has 1 aliphatic rings. The molecule has 0 bridgehead atoms. The van der Waals surface area contributed by atoms with Crippen molar-refractivity contribution in [3.05, 3.63) is 59.8 Å². The van der Waals surface area contributed by atoms with E-state index in [-0.39, 0.29) is 5.97 Å². The Balaban J connectivity index is 1.63. The molecule has 3 aromatic rings. The van der Waals surface area contributed by atoms with Crippen molar-refractivity contribution in [2.45, 2.75) is 6.92 Å². The lowest BCUT2D eigenvalue weighted by Crippen LogP contribution is -2.36. The summed E-state index contributed by atoms with van der Waals surface area (Å²) in [7, 11) is 1.38. The summed E-state index contributed by atoms with van der Waals surface area (Å²) in [5.74, 6) is -0.358. The Labute approximate surface area is 164 Å². The molecule has 2 aromatic carbocycles. The van der Waals surface area contributed by atoms with Gasteiger partial charge in [0.1, 0.15) is 0 Å².